The lowest BCUT2D eigenvalue weighted by atomic mass is 9.98. The van der Waals surface area contributed by atoms with E-state index in [0.717, 1.165) is 48.2 Å². The fraction of sp³-hybridized carbons (Fsp3) is 0.286. The molecular weight excluding hydrogens is 338 g/mol. The molecule has 2 heterocycles. The van der Waals surface area contributed by atoms with Crippen LogP contribution in [0, 0.1) is 0 Å². The summed E-state index contributed by atoms with van der Waals surface area (Å²) in [4.78, 5) is 16.7. The van der Waals surface area contributed by atoms with E-state index in [4.69, 9.17) is 10.8 Å². The fourth-order valence-electron chi connectivity index (χ4n) is 3.59. The first-order chi connectivity index (χ1) is 13.2. The van der Waals surface area contributed by atoms with Crippen molar-refractivity contribution in [1.82, 2.24) is 20.1 Å². The maximum absolute atomic E-state index is 12.6. The zero-order valence-corrected chi connectivity index (χ0v) is 15.1. The van der Waals surface area contributed by atoms with Crippen LogP contribution in [-0.4, -0.2) is 26.2 Å². The Bertz CT molecular complexity index is 914. The topological polar surface area (TPSA) is 85.8 Å². The van der Waals surface area contributed by atoms with Crippen LogP contribution < -0.4 is 11.1 Å². The molecule has 0 spiro atoms. The number of pyridine rings is 1. The highest BCUT2D eigenvalue weighted by molar-refractivity contribution is 5.86. The molecule has 138 valence electrons. The quantitative estimate of drug-likeness (QED) is 0.732. The van der Waals surface area contributed by atoms with Gasteiger partial charge in [-0.05, 0) is 37.1 Å². The number of rotatable bonds is 5. The minimum Gasteiger partial charge on any atom is -0.350 e. The molecule has 0 saturated heterocycles. The summed E-state index contributed by atoms with van der Waals surface area (Å²) in [5.41, 5.74) is 9.25. The Morgan fingerprint density at radius 1 is 1.11 bits per heavy atom. The summed E-state index contributed by atoms with van der Waals surface area (Å²) in [5, 5.41) is 7.77. The van der Waals surface area contributed by atoms with E-state index in [0.29, 0.717) is 6.54 Å². The van der Waals surface area contributed by atoms with E-state index in [-0.39, 0.29) is 5.91 Å². The van der Waals surface area contributed by atoms with E-state index in [1.165, 1.54) is 0 Å². The van der Waals surface area contributed by atoms with Crippen molar-refractivity contribution in [3.8, 4) is 16.9 Å². The normalized spacial score (nSPS) is 15.6. The minimum absolute atomic E-state index is 0.0758. The van der Waals surface area contributed by atoms with Crippen LogP contribution in [0.1, 0.15) is 31.2 Å². The molecule has 0 bridgehead atoms. The van der Waals surface area contributed by atoms with Crippen molar-refractivity contribution in [2.24, 2.45) is 5.73 Å². The highest BCUT2D eigenvalue weighted by Crippen LogP contribution is 2.28. The van der Waals surface area contributed by atoms with Crippen LogP contribution in [0.2, 0.25) is 0 Å². The average Bonchev–Trinajstić information content (AvgIpc) is 3.35. The first-order valence-corrected chi connectivity index (χ1v) is 9.27. The van der Waals surface area contributed by atoms with Crippen molar-refractivity contribution >= 4 is 5.91 Å². The van der Waals surface area contributed by atoms with Crippen LogP contribution in [0.3, 0.4) is 0 Å². The van der Waals surface area contributed by atoms with Crippen LogP contribution >= 0.6 is 0 Å². The predicted molar refractivity (Wildman–Crippen MR) is 104 cm³/mol. The Kier molecular flexibility index (Phi) is 4.73. The Morgan fingerprint density at radius 3 is 2.52 bits per heavy atom. The van der Waals surface area contributed by atoms with Crippen LogP contribution in [-0.2, 0) is 11.3 Å². The van der Waals surface area contributed by atoms with Gasteiger partial charge in [-0.1, -0.05) is 31.0 Å². The number of carbonyl (C=O) groups excluding carboxylic acids is 1. The Morgan fingerprint density at radius 2 is 1.81 bits per heavy atom. The third-order valence-electron chi connectivity index (χ3n) is 5.15. The summed E-state index contributed by atoms with van der Waals surface area (Å²) < 4.78 is 1.84. The van der Waals surface area contributed by atoms with Crippen molar-refractivity contribution in [2.75, 3.05) is 0 Å². The van der Waals surface area contributed by atoms with Crippen LogP contribution in [0.5, 0.6) is 0 Å². The number of nitrogens with zero attached hydrogens (tertiary/aromatic N) is 3. The number of nitrogens with two attached hydrogens (primary N) is 1. The molecule has 1 aromatic carbocycles. The summed E-state index contributed by atoms with van der Waals surface area (Å²) >= 11 is 0. The second-order valence-corrected chi connectivity index (χ2v) is 7.06. The molecule has 0 aliphatic heterocycles. The molecule has 1 fully saturated rings. The molecule has 0 atom stereocenters. The number of benzene rings is 1. The molecule has 3 N–H and O–H groups in total. The van der Waals surface area contributed by atoms with Gasteiger partial charge in [0.2, 0.25) is 5.91 Å². The second kappa shape index (κ2) is 7.32. The van der Waals surface area contributed by atoms with Gasteiger partial charge in [0.15, 0.2) is 0 Å². The summed E-state index contributed by atoms with van der Waals surface area (Å²) in [7, 11) is 0. The van der Waals surface area contributed by atoms with Crippen LogP contribution in [0.15, 0.2) is 61.1 Å². The largest absolute Gasteiger partial charge is 0.350 e. The van der Waals surface area contributed by atoms with Gasteiger partial charge in [-0.25, -0.2) is 4.68 Å². The Hall–Kier alpha value is -2.99. The van der Waals surface area contributed by atoms with Gasteiger partial charge in [-0.3, -0.25) is 9.78 Å². The first-order valence-electron chi connectivity index (χ1n) is 9.27. The highest BCUT2D eigenvalue weighted by atomic mass is 16.2. The van der Waals surface area contributed by atoms with Crippen LogP contribution in [0.4, 0.5) is 0 Å². The van der Waals surface area contributed by atoms with Crippen LogP contribution in [0.25, 0.3) is 16.9 Å². The van der Waals surface area contributed by atoms with E-state index in [9.17, 15) is 4.79 Å². The van der Waals surface area contributed by atoms with Gasteiger partial charge in [-0.15, -0.1) is 0 Å². The number of para-hydroxylation sites is 1. The number of aromatic nitrogens is 3. The molecule has 0 unspecified atom stereocenters. The fourth-order valence-corrected chi connectivity index (χ4v) is 3.59. The predicted octanol–water partition coefficient (Wildman–Crippen LogP) is 2.82. The molecule has 4 rings (SSSR count). The number of amides is 1. The summed E-state index contributed by atoms with van der Waals surface area (Å²) in [6.07, 6.45) is 8.97. The molecule has 27 heavy (non-hydrogen) atoms. The van der Waals surface area contributed by atoms with Crippen molar-refractivity contribution in [2.45, 2.75) is 37.8 Å². The van der Waals surface area contributed by atoms with E-state index >= 15 is 0 Å². The van der Waals surface area contributed by atoms with Gasteiger partial charge in [0.25, 0.3) is 0 Å². The van der Waals surface area contributed by atoms with Gasteiger partial charge in [-0.2, -0.15) is 5.10 Å². The Labute approximate surface area is 158 Å². The SMILES string of the molecule is NC1(C(=O)NCc2cn(-c3ccccc3)nc2-c2ccncc2)CCCC1. The van der Waals surface area contributed by atoms with Crippen molar-refractivity contribution in [3.05, 3.63) is 66.6 Å². The standard InChI is InChI=1S/C21H23N5O/c22-21(10-4-5-11-21)20(27)24-14-17-15-26(18-6-2-1-3-7-18)25-19(17)16-8-12-23-13-9-16/h1-3,6-9,12-13,15H,4-5,10-11,14,22H2,(H,24,27). The van der Waals surface area contributed by atoms with E-state index in [1.807, 2.05) is 53.3 Å². The van der Waals surface area contributed by atoms with Crippen molar-refractivity contribution in [3.63, 3.8) is 0 Å². The molecule has 3 aromatic rings. The molecule has 1 amide bonds. The molecule has 1 saturated carbocycles. The number of hydrogen-bond donors (Lipinski definition) is 2. The lowest BCUT2D eigenvalue weighted by Crippen LogP contribution is -2.51. The van der Waals surface area contributed by atoms with Gasteiger partial charge < -0.3 is 11.1 Å². The van der Waals surface area contributed by atoms with Gasteiger partial charge in [0.1, 0.15) is 0 Å². The molecule has 2 aromatic heterocycles. The zero-order valence-electron chi connectivity index (χ0n) is 15.1. The molecule has 6 heteroatoms. The number of carbonyl (C=O) groups is 1. The summed E-state index contributed by atoms with van der Waals surface area (Å²) in [6.45, 7) is 0.391. The monoisotopic (exact) mass is 361 g/mol. The first kappa shape index (κ1) is 17.4. The maximum atomic E-state index is 12.6. The van der Waals surface area contributed by atoms with E-state index in [2.05, 4.69) is 10.3 Å². The maximum Gasteiger partial charge on any atom is 0.240 e. The lowest BCUT2D eigenvalue weighted by Gasteiger charge is -2.22. The van der Waals surface area contributed by atoms with Gasteiger partial charge >= 0.3 is 0 Å². The molecule has 0 radical (unpaired) electrons. The minimum atomic E-state index is -0.730. The van der Waals surface area contributed by atoms with Gasteiger partial charge in [0.05, 0.1) is 16.9 Å². The summed E-state index contributed by atoms with van der Waals surface area (Å²) in [6, 6.07) is 13.8. The van der Waals surface area contributed by atoms with Crippen molar-refractivity contribution < 1.29 is 4.79 Å². The molecular formula is C21H23N5O. The number of hydrogen-bond acceptors (Lipinski definition) is 4. The second-order valence-electron chi connectivity index (χ2n) is 7.06. The third kappa shape index (κ3) is 3.61. The summed E-state index contributed by atoms with van der Waals surface area (Å²) in [5.74, 6) is -0.0758. The molecule has 6 nitrogen and oxygen atoms in total. The third-order valence-corrected chi connectivity index (χ3v) is 5.15. The molecule has 1 aliphatic carbocycles. The Balaban J connectivity index is 1.62. The van der Waals surface area contributed by atoms with Crippen molar-refractivity contribution in [1.29, 1.82) is 0 Å². The van der Waals surface area contributed by atoms with E-state index < -0.39 is 5.54 Å². The average molecular weight is 361 g/mol. The zero-order chi connectivity index (χ0) is 18.7. The van der Waals surface area contributed by atoms with Gasteiger partial charge in [0, 0.05) is 36.3 Å². The lowest BCUT2D eigenvalue weighted by molar-refractivity contribution is -0.126. The smallest absolute Gasteiger partial charge is 0.240 e. The highest BCUT2D eigenvalue weighted by Gasteiger charge is 2.36. The number of nitrogens with one attached hydrogen (secondary N) is 1. The molecule has 1 aliphatic rings. The van der Waals surface area contributed by atoms with E-state index in [1.54, 1.807) is 12.4 Å².